The summed E-state index contributed by atoms with van der Waals surface area (Å²) < 4.78 is 0. The third kappa shape index (κ3) is 2.65. The van der Waals surface area contributed by atoms with Crippen molar-refractivity contribution in [1.82, 2.24) is 9.80 Å². The van der Waals surface area contributed by atoms with E-state index in [0.717, 1.165) is 6.54 Å². The highest BCUT2D eigenvalue weighted by molar-refractivity contribution is 8.00. The Kier molecular flexibility index (Phi) is 4.75. The molecule has 0 aliphatic carbocycles. The van der Waals surface area contributed by atoms with E-state index in [1.807, 2.05) is 0 Å². The zero-order chi connectivity index (χ0) is 12.3. The number of hydrogen-bond acceptors (Lipinski definition) is 4. The van der Waals surface area contributed by atoms with Gasteiger partial charge in [-0.3, -0.25) is 4.90 Å². The number of rotatable bonds is 3. The van der Waals surface area contributed by atoms with Gasteiger partial charge in [-0.15, -0.1) is 0 Å². The molecule has 0 aromatic rings. The van der Waals surface area contributed by atoms with Crippen LogP contribution in [0.1, 0.15) is 26.7 Å². The summed E-state index contributed by atoms with van der Waals surface area (Å²) in [5.41, 5.74) is 6.44. The summed E-state index contributed by atoms with van der Waals surface area (Å²) in [6.07, 6.45) is 2.63. The fourth-order valence-electron chi connectivity index (χ4n) is 3.32. The summed E-state index contributed by atoms with van der Waals surface area (Å²) in [5.74, 6) is 1.32. The average Bonchev–Trinajstić information content (AvgIpc) is 2.40. The van der Waals surface area contributed by atoms with Crippen LogP contribution in [0.25, 0.3) is 0 Å². The van der Waals surface area contributed by atoms with Gasteiger partial charge in [0.2, 0.25) is 0 Å². The molecule has 17 heavy (non-hydrogen) atoms. The molecule has 0 saturated carbocycles. The molecular formula is C13H27N3S. The highest BCUT2D eigenvalue weighted by Gasteiger charge is 2.43. The zero-order valence-corrected chi connectivity index (χ0v) is 12.1. The van der Waals surface area contributed by atoms with Gasteiger partial charge in [0, 0.05) is 43.5 Å². The highest BCUT2D eigenvalue weighted by atomic mass is 32.2. The van der Waals surface area contributed by atoms with E-state index in [0.29, 0.717) is 5.25 Å². The van der Waals surface area contributed by atoms with Crippen molar-refractivity contribution in [3.63, 3.8) is 0 Å². The molecule has 2 unspecified atom stereocenters. The largest absolute Gasteiger partial charge is 0.329 e. The summed E-state index contributed by atoms with van der Waals surface area (Å²) >= 11 is 2.11. The Morgan fingerprint density at radius 2 is 2.00 bits per heavy atom. The molecule has 0 bridgehead atoms. The van der Waals surface area contributed by atoms with Gasteiger partial charge in [-0.1, -0.05) is 13.8 Å². The molecule has 2 saturated heterocycles. The molecule has 3 nitrogen and oxygen atoms in total. The minimum Gasteiger partial charge on any atom is -0.329 e. The minimum atomic E-state index is 0.281. The van der Waals surface area contributed by atoms with Gasteiger partial charge in [0.1, 0.15) is 0 Å². The van der Waals surface area contributed by atoms with Crippen molar-refractivity contribution >= 4 is 11.8 Å². The van der Waals surface area contributed by atoms with Crippen LogP contribution >= 0.6 is 11.8 Å². The second-order valence-electron chi connectivity index (χ2n) is 5.35. The van der Waals surface area contributed by atoms with Crippen LogP contribution in [0, 0.1) is 0 Å². The third-order valence-electron chi connectivity index (χ3n) is 4.68. The summed E-state index contributed by atoms with van der Waals surface area (Å²) in [4.78, 5) is 5.23. The summed E-state index contributed by atoms with van der Waals surface area (Å²) in [6, 6.07) is 0. The maximum atomic E-state index is 6.16. The number of nitrogens with zero attached hydrogens (tertiary/aromatic N) is 2. The fourth-order valence-corrected chi connectivity index (χ4v) is 4.66. The maximum Gasteiger partial charge on any atom is 0.0448 e. The topological polar surface area (TPSA) is 32.5 Å². The molecule has 2 aliphatic heterocycles. The van der Waals surface area contributed by atoms with Crippen molar-refractivity contribution < 1.29 is 0 Å². The predicted molar refractivity (Wildman–Crippen MR) is 76.6 cm³/mol. The molecule has 2 atom stereocenters. The van der Waals surface area contributed by atoms with Crippen LogP contribution in [0.15, 0.2) is 0 Å². The first-order chi connectivity index (χ1) is 8.23. The van der Waals surface area contributed by atoms with E-state index in [4.69, 9.17) is 5.73 Å². The van der Waals surface area contributed by atoms with E-state index in [9.17, 15) is 0 Å². The van der Waals surface area contributed by atoms with E-state index < -0.39 is 0 Å². The molecule has 2 rings (SSSR count). The van der Waals surface area contributed by atoms with E-state index in [1.165, 1.54) is 51.3 Å². The smallest absolute Gasteiger partial charge is 0.0448 e. The van der Waals surface area contributed by atoms with Gasteiger partial charge in [0.05, 0.1) is 0 Å². The van der Waals surface area contributed by atoms with Crippen molar-refractivity contribution in [2.75, 3.05) is 45.0 Å². The van der Waals surface area contributed by atoms with E-state index >= 15 is 0 Å². The van der Waals surface area contributed by atoms with Gasteiger partial charge in [0.15, 0.2) is 0 Å². The Morgan fingerprint density at radius 1 is 1.29 bits per heavy atom. The lowest BCUT2D eigenvalue weighted by molar-refractivity contribution is 0.0307. The molecule has 0 aromatic heterocycles. The van der Waals surface area contributed by atoms with Crippen molar-refractivity contribution in [3.05, 3.63) is 0 Å². The molecule has 0 radical (unpaired) electrons. The first-order valence-electron chi connectivity index (χ1n) is 7.02. The van der Waals surface area contributed by atoms with Crippen LogP contribution in [-0.4, -0.2) is 65.6 Å². The normalized spacial score (nSPS) is 37.2. The van der Waals surface area contributed by atoms with Crippen LogP contribution < -0.4 is 5.73 Å². The Bertz CT molecular complexity index is 241. The average molecular weight is 257 g/mol. The summed E-state index contributed by atoms with van der Waals surface area (Å²) in [5, 5.41) is 0.689. The quantitative estimate of drug-likeness (QED) is 0.824. The second-order valence-corrected chi connectivity index (χ2v) is 6.79. The van der Waals surface area contributed by atoms with E-state index in [2.05, 4.69) is 35.4 Å². The standard InChI is InChI=1S/C13H27N3S/c1-3-15-6-8-16(9-7-15)13(11-14)5-4-10-17-12(13)2/h12H,3-11,14H2,1-2H3. The molecular weight excluding hydrogens is 230 g/mol. The van der Waals surface area contributed by atoms with Gasteiger partial charge < -0.3 is 10.6 Å². The first-order valence-corrected chi connectivity index (χ1v) is 8.07. The van der Waals surface area contributed by atoms with Crippen LogP contribution in [0.5, 0.6) is 0 Å². The molecule has 0 spiro atoms. The predicted octanol–water partition coefficient (Wildman–Crippen LogP) is 1.24. The first kappa shape index (κ1) is 13.7. The Hall–Kier alpha value is 0.230. The molecule has 0 amide bonds. The molecule has 0 aromatic carbocycles. The van der Waals surface area contributed by atoms with Gasteiger partial charge in [-0.05, 0) is 25.1 Å². The van der Waals surface area contributed by atoms with Crippen molar-refractivity contribution in [2.45, 2.75) is 37.5 Å². The molecule has 4 heteroatoms. The monoisotopic (exact) mass is 257 g/mol. The highest BCUT2D eigenvalue weighted by Crippen LogP contribution is 2.38. The molecule has 2 N–H and O–H groups in total. The van der Waals surface area contributed by atoms with Crippen molar-refractivity contribution in [3.8, 4) is 0 Å². The molecule has 2 aliphatic rings. The van der Waals surface area contributed by atoms with Crippen molar-refractivity contribution in [1.29, 1.82) is 0 Å². The van der Waals surface area contributed by atoms with Gasteiger partial charge >= 0.3 is 0 Å². The van der Waals surface area contributed by atoms with Gasteiger partial charge in [-0.2, -0.15) is 11.8 Å². The molecule has 2 fully saturated rings. The lowest BCUT2D eigenvalue weighted by atomic mass is 9.87. The number of thioether (sulfide) groups is 1. The van der Waals surface area contributed by atoms with Crippen molar-refractivity contribution in [2.24, 2.45) is 5.73 Å². The van der Waals surface area contributed by atoms with Crippen LogP contribution in [0.3, 0.4) is 0 Å². The zero-order valence-electron chi connectivity index (χ0n) is 11.3. The number of nitrogens with two attached hydrogens (primary N) is 1. The summed E-state index contributed by atoms with van der Waals surface area (Å²) in [6.45, 7) is 11.5. The maximum absolute atomic E-state index is 6.16. The third-order valence-corrected chi connectivity index (χ3v) is 6.14. The number of piperazine rings is 1. The Morgan fingerprint density at radius 3 is 2.53 bits per heavy atom. The van der Waals surface area contributed by atoms with Crippen LogP contribution in [0.4, 0.5) is 0 Å². The summed E-state index contributed by atoms with van der Waals surface area (Å²) in [7, 11) is 0. The molecule has 2 heterocycles. The molecule has 100 valence electrons. The van der Waals surface area contributed by atoms with Gasteiger partial charge in [0.25, 0.3) is 0 Å². The van der Waals surface area contributed by atoms with E-state index in [1.54, 1.807) is 0 Å². The second kappa shape index (κ2) is 5.91. The van der Waals surface area contributed by atoms with E-state index in [-0.39, 0.29) is 5.54 Å². The van der Waals surface area contributed by atoms with Gasteiger partial charge in [-0.25, -0.2) is 0 Å². The SMILES string of the molecule is CCN1CCN(C2(CN)CCCSC2C)CC1. The number of likely N-dealkylation sites (N-methyl/N-ethyl adjacent to an activating group) is 1. The Balaban J connectivity index is 2.02. The lowest BCUT2D eigenvalue weighted by Crippen LogP contribution is -2.65. The fraction of sp³-hybridized carbons (Fsp3) is 1.00. The Labute approximate surface area is 110 Å². The lowest BCUT2D eigenvalue weighted by Gasteiger charge is -2.52. The minimum absolute atomic E-state index is 0.281. The van der Waals surface area contributed by atoms with Crippen LogP contribution in [-0.2, 0) is 0 Å². The number of hydrogen-bond donors (Lipinski definition) is 1. The van der Waals surface area contributed by atoms with Crippen LogP contribution in [0.2, 0.25) is 0 Å².